The van der Waals surface area contributed by atoms with E-state index in [2.05, 4.69) is 23.2 Å². The Balaban J connectivity index is 1.68. The summed E-state index contributed by atoms with van der Waals surface area (Å²) >= 11 is 4.32. The molecule has 1 atom stereocenters. The van der Waals surface area contributed by atoms with E-state index in [1.165, 1.54) is 6.07 Å². The van der Waals surface area contributed by atoms with Gasteiger partial charge in [-0.05, 0) is 30.9 Å². The number of carboxylic acid groups (broad SMARTS) is 1. The van der Waals surface area contributed by atoms with Gasteiger partial charge in [0, 0.05) is 42.1 Å². The van der Waals surface area contributed by atoms with Gasteiger partial charge in [0.15, 0.2) is 0 Å². The quantitative estimate of drug-likeness (QED) is 0.276. The average molecular weight is 494 g/mol. The van der Waals surface area contributed by atoms with Gasteiger partial charge < -0.3 is 9.84 Å². The Kier molecular flexibility index (Phi) is 7.96. The van der Waals surface area contributed by atoms with Crippen molar-refractivity contribution in [1.29, 1.82) is 0 Å². The number of fused-ring (bicyclic) bond motifs is 1. The molecule has 0 aromatic heterocycles. The van der Waals surface area contributed by atoms with Crippen LogP contribution in [0.25, 0.3) is 0 Å². The maximum Gasteiger partial charge on any atom is 0.327 e. The zero-order chi connectivity index (χ0) is 25.0. The predicted octanol–water partition coefficient (Wildman–Crippen LogP) is 2.45. The number of hydrogen-bond acceptors (Lipinski definition) is 7. The minimum atomic E-state index is -1.32. The summed E-state index contributed by atoms with van der Waals surface area (Å²) in [6, 6.07) is 1.52. The van der Waals surface area contributed by atoms with Crippen molar-refractivity contribution in [2.24, 2.45) is 5.10 Å². The third-order valence-electron chi connectivity index (χ3n) is 5.55. The molecule has 1 unspecified atom stereocenters. The highest BCUT2D eigenvalue weighted by atomic mass is 32.1. The molecule has 34 heavy (non-hydrogen) atoms. The lowest BCUT2D eigenvalue weighted by molar-refractivity contribution is -0.154. The summed E-state index contributed by atoms with van der Waals surface area (Å²) in [5.41, 5.74) is 3.90. The first kappa shape index (κ1) is 25.7. The Hall–Kier alpha value is -2.95. The fourth-order valence-corrected chi connectivity index (χ4v) is 4.22. The van der Waals surface area contributed by atoms with E-state index in [1.54, 1.807) is 19.9 Å². The average Bonchev–Trinajstić information content (AvgIpc) is 3.06. The third-order valence-corrected chi connectivity index (χ3v) is 5.71. The van der Waals surface area contributed by atoms with E-state index in [0.29, 0.717) is 36.1 Å². The van der Waals surface area contributed by atoms with Crippen molar-refractivity contribution in [3.05, 3.63) is 29.1 Å². The minimum Gasteiger partial charge on any atom is -0.493 e. The van der Waals surface area contributed by atoms with Crippen LogP contribution in [0.5, 0.6) is 5.75 Å². The molecule has 1 aromatic rings. The number of benzene rings is 1. The number of carboxylic acids is 1. The highest BCUT2D eigenvalue weighted by Crippen LogP contribution is 2.29. The van der Waals surface area contributed by atoms with Crippen molar-refractivity contribution in [3.8, 4) is 5.75 Å². The summed E-state index contributed by atoms with van der Waals surface area (Å²) in [5, 5.41) is 13.6. The number of amides is 3. The first-order valence-corrected chi connectivity index (χ1v) is 11.5. The maximum atomic E-state index is 15.0. The highest BCUT2D eigenvalue weighted by molar-refractivity contribution is 7.81. The molecule has 1 heterocycles. The molecule has 0 spiro atoms. The molecule has 1 saturated heterocycles. The number of aryl methyl sites for hydroxylation is 1. The fourth-order valence-electron chi connectivity index (χ4n) is 4.08. The summed E-state index contributed by atoms with van der Waals surface area (Å²) in [7, 11) is 0. The van der Waals surface area contributed by atoms with Crippen molar-refractivity contribution in [3.63, 3.8) is 0 Å². The summed E-state index contributed by atoms with van der Waals surface area (Å²) < 4.78 is 20.0. The van der Waals surface area contributed by atoms with Crippen LogP contribution in [0.15, 0.2) is 17.2 Å². The number of rotatable bonds is 9. The first-order chi connectivity index (χ1) is 16.0. The zero-order valence-electron chi connectivity index (χ0n) is 19.1. The van der Waals surface area contributed by atoms with Crippen LogP contribution >= 0.6 is 12.6 Å². The van der Waals surface area contributed by atoms with Crippen LogP contribution in [-0.4, -0.2) is 56.8 Å². The van der Waals surface area contributed by atoms with Gasteiger partial charge in [0.05, 0.1) is 12.3 Å². The number of nitrogens with one attached hydrogen (secondary N) is 1. The minimum absolute atomic E-state index is 0.00372. The molecule has 2 aliphatic rings. The molecule has 1 aliphatic carbocycles. The standard InChI is InChI=1S/C23H28FN3O6S/c1-23(2,34)12-18(28)26-25-16-5-3-4-13-10-14(11-15(24)21(13)16)33-9-8-17(22(31)32)27-19(29)6-7-20(27)30/h10-11,17,34H,3-9,12H2,1-2H3,(H,26,28)(H,31,32)/b25-16-. The van der Waals surface area contributed by atoms with Crippen molar-refractivity contribution < 1.29 is 33.4 Å². The third kappa shape index (κ3) is 6.34. The molecule has 3 rings (SSSR count). The highest BCUT2D eigenvalue weighted by Gasteiger charge is 2.38. The molecule has 1 aliphatic heterocycles. The van der Waals surface area contributed by atoms with Gasteiger partial charge in [-0.3, -0.25) is 19.3 Å². The van der Waals surface area contributed by atoms with Gasteiger partial charge in [0.25, 0.3) is 0 Å². The van der Waals surface area contributed by atoms with E-state index in [1.807, 2.05) is 0 Å². The Bertz CT molecular complexity index is 1020. The Morgan fingerprint density at radius 1 is 1.24 bits per heavy atom. The molecule has 1 fully saturated rings. The lowest BCUT2D eigenvalue weighted by Gasteiger charge is -2.23. The molecular formula is C23H28FN3O6S. The number of halogens is 1. The van der Waals surface area contributed by atoms with Gasteiger partial charge in [0.1, 0.15) is 17.6 Å². The van der Waals surface area contributed by atoms with Crippen molar-refractivity contribution in [2.45, 2.75) is 69.6 Å². The molecule has 1 aromatic carbocycles. The lowest BCUT2D eigenvalue weighted by atomic mass is 9.89. The van der Waals surface area contributed by atoms with Crippen molar-refractivity contribution in [2.75, 3.05) is 6.61 Å². The number of carbonyl (C=O) groups excluding carboxylic acids is 3. The van der Waals surface area contributed by atoms with Gasteiger partial charge in [-0.25, -0.2) is 14.6 Å². The van der Waals surface area contributed by atoms with Gasteiger partial charge in [-0.2, -0.15) is 17.7 Å². The number of imide groups is 1. The second-order valence-electron chi connectivity index (χ2n) is 9.02. The van der Waals surface area contributed by atoms with E-state index >= 15 is 0 Å². The lowest BCUT2D eigenvalue weighted by Crippen LogP contribution is -2.45. The second-order valence-corrected chi connectivity index (χ2v) is 10.2. The molecule has 184 valence electrons. The number of hydrogen-bond donors (Lipinski definition) is 3. The molecule has 11 heteroatoms. The molecule has 0 bridgehead atoms. The van der Waals surface area contributed by atoms with Crippen LogP contribution in [-0.2, 0) is 25.6 Å². The number of nitrogens with zero attached hydrogens (tertiary/aromatic N) is 2. The van der Waals surface area contributed by atoms with Crippen LogP contribution in [0.4, 0.5) is 4.39 Å². The number of aliphatic carboxylic acids is 1. The maximum absolute atomic E-state index is 15.0. The Labute approximate surface area is 202 Å². The summed E-state index contributed by atoms with van der Waals surface area (Å²) in [6.45, 7) is 3.49. The smallest absolute Gasteiger partial charge is 0.327 e. The number of carbonyl (C=O) groups is 4. The number of ether oxygens (including phenoxy) is 1. The van der Waals surface area contributed by atoms with Crippen LogP contribution in [0, 0.1) is 5.82 Å². The second kappa shape index (κ2) is 10.5. The van der Waals surface area contributed by atoms with Crippen LogP contribution in [0.1, 0.15) is 63.5 Å². The van der Waals surface area contributed by atoms with E-state index in [9.17, 15) is 28.7 Å². The van der Waals surface area contributed by atoms with Crippen LogP contribution in [0.3, 0.4) is 0 Å². The summed E-state index contributed by atoms with van der Waals surface area (Å²) in [4.78, 5) is 48.1. The summed E-state index contributed by atoms with van der Waals surface area (Å²) in [6.07, 6.45) is 1.84. The molecule has 3 amide bonds. The summed E-state index contributed by atoms with van der Waals surface area (Å²) in [5.74, 6) is -3.00. The predicted molar refractivity (Wildman–Crippen MR) is 124 cm³/mol. The molecule has 0 saturated carbocycles. The largest absolute Gasteiger partial charge is 0.493 e. The SMILES string of the molecule is CC(C)(S)CC(=O)N/N=C1/CCCc2cc(OCCC(C(=O)O)N3C(=O)CCC3=O)cc(F)c21. The molecule has 2 N–H and O–H groups in total. The number of hydrazone groups is 1. The monoisotopic (exact) mass is 493 g/mol. The van der Waals surface area contributed by atoms with Crippen LogP contribution < -0.4 is 10.2 Å². The zero-order valence-corrected chi connectivity index (χ0v) is 20.0. The normalized spacial score (nSPS) is 18.1. The van der Waals surface area contributed by atoms with Gasteiger partial charge >= 0.3 is 5.97 Å². The first-order valence-electron chi connectivity index (χ1n) is 11.1. The van der Waals surface area contributed by atoms with Crippen molar-refractivity contribution >= 4 is 42.0 Å². The van der Waals surface area contributed by atoms with Gasteiger partial charge in [-0.15, -0.1) is 0 Å². The Morgan fingerprint density at radius 2 is 1.91 bits per heavy atom. The Morgan fingerprint density at radius 3 is 2.53 bits per heavy atom. The van der Waals surface area contributed by atoms with Crippen molar-refractivity contribution in [1.82, 2.24) is 10.3 Å². The fraction of sp³-hybridized carbons (Fsp3) is 0.522. The molecular weight excluding hydrogens is 465 g/mol. The number of likely N-dealkylation sites (tertiary alicyclic amines) is 1. The van der Waals surface area contributed by atoms with E-state index in [-0.39, 0.29) is 43.9 Å². The van der Waals surface area contributed by atoms with Gasteiger partial charge in [0.2, 0.25) is 17.7 Å². The molecule has 9 nitrogen and oxygen atoms in total. The van der Waals surface area contributed by atoms with Crippen LogP contribution in [0.2, 0.25) is 0 Å². The molecule has 0 radical (unpaired) electrons. The van der Waals surface area contributed by atoms with Gasteiger partial charge in [-0.1, -0.05) is 13.8 Å². The van der Waals surface area contributed by atoms with E-state index < -0.39 is 34.4 Å². The van der Waals surface area contributed by atoms with E-state index in [0.717, 1.165) is 4.90 Å². The topological polar surface area (TPSA) is 125 Å². The van der Waals surface area contributed by atoms with E-state index in [4.69, 9.17) is 4.74 Å². The number of thiol groups is 1.